The van der Waals surface area contributed by atoms with Gasteiger partial charge in [-0.15, -0.1) is 0 Å². The molecule has 0 bridgehead atoms. The molecule has 2 aromatic rings. The van der Waals surface area contributed by atoms with Crippen LogP contribution in [0.1, 0.15) is 35.8 Å². The van der Waals surface area contributed by atoms with E-state index in [0.717, 1.165) is 24.9 Å². The Labute approximate surface area is 131 Å². The van der Waals surface area contributed by atoms with E-state index in [2.05, 4.69) is 22.2 Å². The molecule has 0 radical (unpaired) electrons. The standard InChI is InChI=1S/C17H22N4O/c1-3-4-10-21(2)17(22)15-11-16(20-13-19-15)18-12-14-8-6-5-7-9-14/h5-9,11,13H,3-4,10,12H2,1-2H3,(H,18,19,20). The van der Waals surface area contributed by atoms with Crippen molar-refractivity contribution in [2.24, 2.45) is 0 Å². The van der Waals surface area contributed by atoms with Crippen LogP contribution in [0.4, 0.5) is 5.82 Å². The minimum Gasteiger partial charge on any atom is -0.366 e. The average Bonchev–Trinajstić information content (AvgIpc) is 2.58. The van der Waals surface area contributed by atoms with Crippen LogP contribution in [-0.2, 0) is 6.54 Å². The van der Waals surface area contributed by atoms with Crippen molar-refractivity contribution in [3.63, 3.8) is 0 Å². The molecule has 1 N–H and O–H groups in total. The zero-order valence-electron chi connectivity index (χ0n) is 13.1. The van der Waals surface area contributed by atoms with Gasteiger partial charge in [-0.25, -0.2) is 9.97 Å². The van der Waals surface area contributed by atoms with Gasteiger partial charge in [-0.2, -0.15) is 0 Å². The Morgan fingerprint density at radius 3 is 2.73 bits per heavy atom. The Bertz CT molecular complexity index is 601. The van der Waals surface area contributed by atoms with Crippen molar-refractivity contribution >= 4 is 11.7 Å². The number of nitrogens with one attached hydrogen (secondary N) is 1. The molecule has 116 valence electrons. The maximum atomic E-state index is 12.3. The number of benzene rings is 1. The fourth-order valence-corrected chi connectivity index (χ4v) is 2.05. The van der Waals surface area contributed by atoms with Crippen LogP contribution in [-0.4, -0.2) is 34.4 Å². The lowest BCUT2D eigenvalue weighted by Crippen LogP contribution is -2.28. The SMILES string of the molecule is CCCCN(C)C(=O)c1cc(NCc2ccccc2)ncn1. The molecule has 0 saturated heterocycles. The number of carbonyl (C=O) groups is 1. The van der Waals surface area contributed by atoms with Crippen LogP contribution in [0.5, 0.6) is 0 Å². The fourth-order valence-electron chi connectivity index (χ4n) is 2.05. The van der Waals surface area contributed by atoms with Crippen LogP contribution >= 0.6 is 0 Å². The van der Waals surface area contributed by atoms with Gasteiger partial charge in [-0.1, -0.05) is 43.7 Å². The molecule has 0 unspecified atom stereocenters. The van der Waals surface area contributed by atoms with E-state index in [4.69, 9.17) is 0 Å². The second-order valence-corrected chi connectivity index (χ2v) is 5.21. The van der Waals surface area contributed by atoms with E-state index in [9.17, 15) is 4.79 Å². The predicted molar refractivity (Wildman–Crippen MR) is 87.7 cm³/mol. The number of nitrogens with zero attached hydrogens (tertiary/aromatic N) is 3. The normalized spacial score (nSPS) is 10.3. The van der Waals surface area contributed by atoms with Crippen LogP contribution < -0.4 is 5.32 Å². The van der Waals surface area contributed by atoms with Crippen molar-refractivity contribution in [3.8, 4) is 0 Å². The van der Waals surface area contributed by atoms with Gasteiger partial charge in [0.2, 0.25) is 0 Å². The first-order valence-electron chi connectivity index (χ1n) is 7.56. The largest absolute Gasteiger partial charge is 0.366 e. The maximum absolute atomic E-state index is 12.3. The molecule has 5 nitrogen and oxygen atoms in total. The molecule has 0 aliphatic carbocycles. The molecule has 0 aliphatic heterocycles. The summed E-state index contributed by atoms with van der Waals surface area (Å²) in [4.78, 5) is 22.2. The quantitative estimate of drug-likeness (QED) is 0.854. The predicted octanol–water partition coefficient (Wildman–Crippen LogP) is 2.96. The Morgan fingerprint density at radius 2 is 2.00 bits per heavy atom. The van der Waals surface area contributed by atoms with Crippen LogP contribution in [0.3, 0.4) is 0 Å². The molecule has 0 atom stereocenters. The third kappa shape index (κ3) is 4.55. The topological polar surface area (TPSA) is 58.1 Å². The van der Waals surface area contributed by atoms with E-state index < -0.39 is 0 Å². The highest BCUT2D eigenvalue weighted by Crippen LogP contribution is 2.09. The molecule has 1 aromatic heterocycles. The molecule has 0 saturated carbocycles. The van der Waals surface area contributed by atoms with Crippen LogP contribution in [0.15, 0.2) is 42.7 Å². The maximum Gasteiger partial charge on any atom is 0.272 e. The van der Waals surface area contributed by atoms with Crippen molar-refractivity contribution in [2.75, 3.05) is 18.9 Å². The Kier molecular flexibility index (Phi) is 5.89. The summed E-state index contributed by atoms with van der Waals surface area (Å²) in [5.41, 5.74) is 1.58. The van der Waals surface area contributed by atoms with Crippen molar-refractivity contribution in [2.45, 2.75) is 26.3 Å². The number of unbranched alkanes of at least 4 members (excludes halogenated alkanes) is 1. The smallest absolute Gasteiger partial charge is 0.272 e. The molecular formula is C17H22N4O. The summed E-state index contributed by atoms with van der Waals surface area (Å²) in [7, 11) is 1.80. The Balaban J connectivity index is 1.98. The number of carbonyl (C=O) groups excluding carboxylic acids is 1. The van der Waals surface area contributed by atoms with Gasteiger partial charge < -0.3 is 10.2 Å². The summed E-state index contributed by atoms with van der Waals surface area (Å²) in [6.45, 7) is 3.51. The molecular weight excluding hydrogens is 276 g/mol. The highest BCUT2D eigenvalue weighted by molar-refractivity contribution is 5.92. The number of rotatable bonds is 7. The van der Waals surface area contributed by atoms with E-state index in [1.54, 1.807) is 18.0 Å². The van der Waals surface area contributed by atoms with E-state index in [1.165, 1.54) is 6.33 Å². The second kappa shape index (κ2) is 8.12. The summed E-state index contributed by atoms with van der Waals surface area (Å²) >= 11 is 0. The van der Waals surface area contributed by atoms with Gasteiger partial charge in [0, 0.05) is 26.2 Å². The van der Waals surface area contributed by atoms with Crippen molar-refractivity contribution in [1.29, 1.82) is 0 Å². The molecule has 2 rings (SSSR count). The molecule has 22 heavy (non-hydrogen) atoms. The lowest BCUT2D eigenvalue weighted by molar-refractivity contribution is 0.0787. The van der Waals surface area contributed by atoms with Gasteiger partial charge in [0.25, 0.3) is 5.91 Å². The fraction of sp³-hybridized carbons (Fsp3) is 0.353. The third-order valence-electron chi connectivity index (χ3n) is 3.40. The second-order valence-electron chi connectivity index (χ2n) is 5.21. The number of anilines is 1. The number of amides is 1. The molecule has 1 amide bonds. The van der Waals surface area contributed by atoms with Gasteiger partial charge in [0.1, 0.15) is 17.8 Å². The summed E-state index contributed by atoms with van der Waals surface area (Å²) in [5, 5.41) is 3.22. The molecule has 0 fully saturated rings. The van der Waals surface area contributed by atoms with Crippen molar-refractivity contribution in [1.82, 2.24) is 14.9 Å². The van der Waals surface area contributed by atoms with Crippen LogP contribution in [0, 0.1) is 0 Å². The van der Waals surface area contributed by atoms with Crippen molar-refractivity contribution < 1.29 is 4.79 Å². The molecule has 5 heteroatoms. The van der Waals surface area contributed by atoms with Gasteiger partial charge in [0.15, 0.2) is 0 Å². The number of hydrogen-bond donors (Lipinski definition) is 1. The number of aromatic nitrogens is 2. The Hall–Kier alpha value is -2.43. The Morgan fingerprint density at radius 1 is 1.23 bits per heavy atom. The first kappa shape index (κ1) is 15.9. The lowest BCUT2D eigenvalue weighted by Gasteiger charge is -2.16. The molecule has 1 heterocycles. The van der Waals surface area contributed by atoms with Gasteiger partial charge >= 0.3 is 0 Å². The number of hydrogen-bond acceptors (Lipinski definition) is 4. The molecule has 0 aliphatic rings. The highest BCUT2D eigenvalue weighted by Gasteiger charge is 2.13. The van der Waals surface area contributed by atoms with E-state index in [-0.39, 0.29) is 5.91 Å². The first-order chi connectivity index (χ1) is 10.7. The summed E-state index contributed by atoms with van der Waals surface area (Å²) in [6, 6.07) is 11.8. The first-order valence-corrected chi connectivity index (χ1v) is 7.56. The van der Waals surface area contributed by atoms with Gasteiger partial charge in [-0.05, 0) is 12.0 Å². The minimum atomic E-state index is -0.0707. The van der Waals surface area contributed by atoms with Gasteiger partial charge in [0.05, 0.1) is 0 Å². The highest BCUT2D eigenvalue weighted by atomic mass is 16.2. The average molecular weight is 298 g/mol. The van der Waals surface area contributed by atoms with E-state index in [1.807, 2.05) is 30.3 Å². The van der Waals surface area contributed by atoms with Crippen LogP contribution in [0.25, 0.3) is 0 Å². The summed E-state index contributed by atoms with van der Waals surface area (Å²) in [6.07, 6.45) is 3.48. The minimum absolute atomic E-state index is 0.0707. The van der Waals surface area contributed by atoms with Crippen LogP contribution in [0.2, 0.25) is 0 Å². The van der Waals surface area contributed by atoms with Gasteiger partial charge in [-0.3, -0.25) is 4.79 Å². The summed E-state index contributed by atoms with van der Waals surface area (Å²) < 4.78 is 0. The zero-order chi connectivity index (χ0) is 15.8. The molecule has 0 spiro atoms. The van der Waals surface area contributed by atoms with E-state index >= 15 is 0 Å². The third-order valence-corrected chi connectivity index (χ3v) is 3.40. The van der Waals surface area contributed by atoms with Crippen molar-refractivity contribution in [3.05, 3.63) is 54.0 Å². The monoisotopic (exact) mass is 298 g/mol. The van der Waals surface area contributed by atoms with E-state index in [0.29, 0.717) is 18.1 Å². The summed E-state index contributed by atoms with van der Waals surface area (Å²) in [5.74, 6) is 0.588. The lowest BCUT2D eigenvalue weighted by atomic mass is 10.2. The zero-order valence-corrected chi connectivity index (χ0v) is 13.1. The molecule has 1 aromatic carbocycles.